The van der Waals surface area contributed by atoms with Gasteiger partial charge in [-0.3, -0.25) is 9.89 Å². The van der Waals surface area contributed by atoms with Crippen LogP contribution in [0.15, 0.2) is 6.20 Å². The van der Waals surface area contributed by atoms with Crippen molar-refractivity contribution in [3.63, 3.8) is 0 Å². The topological polar surface area (TPSA) is 52.2 Å². The molecule has 0 radical (unpaired) electrons. The first-order valence-corrected chi connectivity index (χ1v) is 6.16. The number of aryl methyl sites for hydroxylation is 1. The van der Waals surface area contributed by atoms with E-state index in [2.05, 4.69) is 15.1 Å². The van der Waals surface area contributed by atoms with E-state index < -0.39 is 0 Å². The number of hydrogen-bond acceptors (Lipinski definition) is 3. The highest BCUT2D eigenvalue weighted by Gasteiger charge is 2.17. The van der Waals surface area contributed by atoms with E-state index in [0.717, 1.165) is 18.8 Å². The number of carbonyl (C=O) groups is 1. The van der Waals surface area contributed by atoms with E-state index in [-0.39, 0.29) is 5.91 Å². The fourth-order valence-corrected chi connectivity index (χ4v) is 2.17. The average molecular weight is 236 g/mol. The zero-order valence-corrected chi connectivity index (χ0v) is 10.6. The molecule has 1 aliphatic rings. The Morgan fingerprint density at radius 3 is 2.82 bits per heavy atom. The van der Waals surface area contributed by atoms with Crippen molar-refractivity contribution in [3.05, 3.63) is 17.5 Å². The molecule has 0 bridgehead atoms. The molecule has 1 aromatic rings. The molecule has 1 aromatic heterocycles. The predicted molar refractivity (Wildman–Crippen MR) is 66.0 cm³/mol. The number of H-pyrrole nitrogens is 1. The van der Waals surface area contributed by atoms with E-state index in [1.807, 2.05) is 14.0 Å². The first-order chi connectivity index (χ1) is 8.18. The molecule has 0 saturated carbocycles. The van der Waals surface area contributed by atoms with Crippen LogP contribution in [0.1, 0.15) is 28.9 Å². The number of nitrogens with one attached hydrogen (secondary N) is 1. The molecule has 2 heterocycles. The van der Waals surface area contributed by atoms with E-state index in [1.54, 1.807) is 11.1 Å². The lowest BCUT2D eigenvalue weighted by Gasteiger charge is -2.21. The summed E-state index contributed by atoms with van der Waals surface area (Å²) in [6.45, 7) is 5.97. The smallest absolute Gasteiger partial charge is 0.257 e. The third-order valence-corrected chi connectivity index (χ3v) is 3.36. The molecule has 1 aliphatic heterocycles. The van der Waals surface area contributed by atoms with Gasteiger partial charge in [-0.25, -0.2) is 0 Å². The van der Waals surface area contributed by atoms with Crippen molar-refractivity contribution in [1.29, 1.82) is 0 Å². The van der Waals surface area contributed by atoms with Crippen molar-refractivity contribution in [2.45, 2.75) is 19.8 Å². The summed E-state index contributed by atoms with van der Waals surface area (Å²) < 4.78 is 0. The summed E-state index contributed by atoms with van der Waals surface area (Å²) in [5.74, 6) is 0.0513. The fraction of sp³-hybridized carbons (Fsp3) is 0.667. The number of likely N-dealkylation sites (tertiary alicyclic amines) is 1. The minimum absolute atomic E-state index is 0.0513. The number of amides is 1. The molecule has 0 aromatic carbocycles. The van der Waals surface area contributed by atoms with Crippen molar-refractivity contribution in [2.75, 3.05) is 33.2 Å². The number of aromatic nitrogens is 2. The number of carbonyl (C=O) groups excluding carboxylic acids is 1. The molecule has 5 heteroatoms. The van der Waals surface area contributed by atoms with E-state index in [9.17, 15) is 4.79 Å². The highest BCUT2D eigenvalue weighted by molar-refractivity contribution is 5.94. The Balaban J connectivity index is 1.85. The third-order valence-electron chi connectivity index (χ3n) is 3.36. The molecule has 0 aliphatic carbocycles. The van der Waals surface area contributed by atoms with Gasteiger partial charge in [-0.2, -0.15) is 5.10 Å². The van der Waals surface area contributed by atoms with Crippen LogP contribution >= 0.6 is 0 Å². The lowest BCUT2D eigenvalue weighted by atomic mass is 10.2. The van der Waals surface area contributed by atoms with Gasteiger partial charge < -0.3 is 9.80 Å². The van der Waals surface area contributed by atoms with Crippen LogP contribution in [-0.4, -0.2) is 59.1 Å². The van der Waals surface area contributed by atoms with Crippen molar-refractivity contribution in [3.8, 4) is 0 Å². The maximum atomic E-state index is 12.1. The van der Waals surface area contributed by atoms with Crippen LogP contribution in [0.25, 0.3) is 0 Å². The lowest BCUT2D eigenvalue weighted by molar-refractivity contribution is 0.0781. The molecule has 1 N–H and O–H groups in total. The van der Waals surface area contributed by atoms with Gasteiger partial charge in [-0.15, -0.1) is 0 Å². The molecule has 0 unspecified atom stereocenters. The standard InChI is InChI=1S/C12H20N4O/c1-10-11(9-13-14-10)12(17)15(2)7-8-16-5-3-4-6-16/h9H,3-8H2,1-2H3,(H,13,14). The van der Waals surface area contributed by atoms with Gasteiger partial charge in [0, 0.05) is 25.8 Å². The molecule has 0 spiro atoms. The Morgan fingerprint density at radius 1 is 1.53 bits per heavy atom. The molecule has 1 fully saturated rings. The summed E-state index contributed by atoms with van der Waals surface area (Å²) in [7, 11) is 1.85. The second-order valence-electron chi connectivity index (χ2n) is 4.68. The summed E-state index contributed by atoms with van der Waals surface area (Å²) in [6, 6.07) is 0. The van der Waals surface area contributed by atoms with Gasteiger partial charge in [0.25, 0.3) is 5.91 Å². The van der Waals surface area contributed by atoms with Crippen LogP contribution < -0.4 is 0 Å². The summed E-state index contributed by atoms with van der Waals surface area (Å²) in [4.78, 5) is 16.3. The zero-order valence-electron chi connectivity index (χ0n) is 10.6. The van der Waals surface area contributed by atoms with E-state index in [4.69, 9.17) is 0 Å². The Hall–Kier alpha value is -1.36. The summed E-state index contributed by atoms with van der Waals surface area (Å²) in [5.41, 5.74) is 1.51. The van der Waals surface area contributed by atoms with Gasteiger partial charge in [0.15, 0.2) is 0 Å². The SMILES string of the molecule is Cc1[nH]ncc1C(=O)N(C)CCN1CCCC1. The van der Waals surface area contributed by atoms with Gasteiger partial charge in [0.05, 0.1) is 11.8 Å². The molecular weight excluding hydrogens is 216 g/mol. The first-order valence-electron chi connectivity index (χ1n) is 6.16. The Labute approximate surface area is 102 Å². The first kappa shape index (κ1) is 12.1. The summed E-state index contributed by atoms with van der Waals surface area (Å²) >= 11 is 0. The molecule has 0 atom stereocenters. The Morgan fingerprint density at radius 2 is 2.24 bits per heavy atom. The third kappa shape index (κ3) is 2.85. The number of likely N-dealkylation sites (N-methyl/N-ethyl adjacent to an activating group) is 1. The number of aromatic amines is 1. The molecule has 94 valence electrons. The van der Waals surface area contributed by atoms with Gasteiger partial charge in [0.1, 0.15) is 0 Å². The molecule has 17 heavy (non-hydrogen) atoms. The van der Waals surface area contributed by atoms with Crippen LogP contribution in [0, 0.1) is 6.92 Å². The minimum Gasteiger partial charge on any atom is -0.340 e. The van der Waals surface area contributed by atoms with Gasteiger partial charge in [-0.05, 0) is 32.9 Å². The molecule has 1 saturated heterocycles. The van der Waals surface area contributed by atoms with Crippen molar-refractivity contribution in [1.82, 2.24) is 20.0 Å². The van der Waals surface area contributed by atoms with Crippen LogP contribution in [0.4, 0.5) is 0 Å². The van der Waals surface area contributed by atoms with E-state index in [0.29, 0.717) is 5.56 Å². The molecule has 1 amide bonds. The average Bonchev–Trinajstić information content (AvgIpc) is 2.95. The lowest BCUT2D eigenvalue weighted by Crippen LogP contribution is -2.35. The summed E-state index contributed by atoms with van der Waals surface area (Å²) in [6.07, 6.45) is 4.18. The monoisotopic (exact) mass is 236 g/mol. The van der Waals surface area contributed by atoms with Crippen molar-refractivity contribution in [2.24, 2.45) is 0 Å². The second kappa shape index (κ2) is 5.31. The van der Waals surface area contributed by atoms with Crippen LogP contribution in [0.3, 0.4) is 0 Å². The zero-order chi connectivity index (χ0) is 12.3. The van der Waals surface area contributed by atoms with Crippen LogP contribution in [0.5, 0.6) is 0 Å². The Bertz CT molecular complexity index is 382. The minimum atomic E-state index is 0.0513. The van der Waals surface area contributed by atoms with Crippen LogP contribution in [-0.2, 0) is 0 Å². The van der Waals surface area contributed by atoms with E-state index >= 15 is 0 Å². The fourth-order valence-electron chi connectivity index (χ4n) is 2.17. The predicted octanol–water partition coefficient (Wildman–Crippen LogP) is 0.886. The highest BCUT2D eigenvalue weighted by Crippen LogP contribution is 2.09. The van der Waals surface area contributed by atoms with Gasteiger partial charge in [0.2, 0.25) is 0 Å². The Kier molecular flexibility index (Phi) is 3.78. The largest absolute Gasteiger partial charge is 0.340 e. The van der Waals surface area contributed by atoms with Gasteiger partial charge >= 0.3 is 0 Å². The second-order valence-corrected chi connectivity index (χ2v) is 4.68. The number of nitrogens with zero attached hydrogens (tertiary/aromatic N) is 3. The summed E-state index contributed by atoms with van der Waals surface area (Å²) in [5, 5.41) is 6.67. The van der Waals surface area contributed by atoms with Crippen molar-refractivity contribution >= 4 is 5.91 Å². The normalized spacial score (nSPS) is 16.4. The van der Waals surface area contributed by atoms with Crippen molar-refractivity contribution < 1.29 is 4.79 Å². The molecular formula is C12H20N4O. The van der Waals surface area contributed by atoms with E-state index in [1.165, 1.54) is 25.9 Å². The van der Waals surface area contributed by atoms with Gasteiger partial charge in [-0.1, -0.05) is 0 Å². The maximum Gasteiger partial charge on any atom is 0.257 e. The number of hydrogen-bond donors (Lipinski definition) is 1. The molecule has 5 nitrogen and oxygen atoms in total. The van der Waals surface area contributed by atoms with Crippen LogP contribution in [0.2, 0.25) is 0 Å². The quantitative estimate of drug-likeness (QED) is 0.844. The molecule has 2 rings (SSSR count). The maximum absolute atomic E-state index is 12.1. The highest BCUT2D eigenvalue weighted by atomic mass is 16.2. The number of rotatable bonds is 4.